The second-order valence-corrected chi connectivity index (χ2v) is 8.09. The molecule has 1 unspecified atom stereocenters. The lowest BCUT2D eigenvalue weighted by atomic mass is 10.0. The minimum atomic E-state index is -0.492. The van der Waals surface area contributed by atoms with E-state index >= 15 is 0 Å². The average molecular weight is 421 g/mol. The Morgan fingerprint density at radius 2 is 1.84 bits per heavy atom. The fourth-order valence-corrected chi connectivity index (χ4v) is 4.28. The Labute approximate surface area is 182 Å². The first-order valence-corrected chi connectivity index (χ1v) is 10.6. The fraction of sp³-hybridized carbons (Fsp3) is 0.375. The summed E-state index contributed by atoms with van der Waals surface area (Å²) in [7, 11) is 1.57. The Morgan fingerprint density at radius 3 is 2.58 bits per heavy atom. The number of benzene rings is 2. The van der Waals surface area contributed by atoms with E-state index in [4.69, 9.17) is 4.74 Å². The standard InChI is InChI=1S/C24H27N3O4/c1-16-7-5-10-20(22(16)24(30)26-11-3-4-12-26)25-23(29)17-13-21(28)27(15-17)18-8-6-9-19(14-18)31-2/h5-10,14,17H,3-4,11-13,15H2,1-2H3,(H,25,29). The highest BCUT2D eigenvalue weighted by Gasteiger charge is 2.36. The zero-order chi connectivity index (χ0) is 22.0. The Hall–Kier alpha value is -3.35. The first kappa shape index (κ1) is 20.9. The molecule has 0 bridgehead atoms. The maximum atomic E-state index is 13.0. The number of carbonyl (C=O) groups is 3. The first-order chi connectivity index (χ1) is 15.0. The van der Waals surface area contributed by atoms with E-state index in [0.717, 1.165) is 31.5 Å². The summed E-state index contributed by atoms with van der Waals surface area (Å²) in [6.45, 7) is 3.65. The van der Waals surface area contributed by atoms with Crippen molar-refractivity contribution in [2.45, 2.75) is 26.2 Å². The van der Waals surface area contributed by atoms with Gasteiger partial charge in [0, 0.05) is 37.8 Å². The number of likely N-dealkylation sites (tertiary alicyclic amines) is 1. The second kappa shape index (κ2) is 8.79. The van der Waals surface area contributed by atoms with Gasteiger partial charge in [-0.05, 0) is 43.5 Å². The summed E-state index contributed by atoms with van der Waals surface area (Å²) in [6.07, 6.45) is 2.14. The number of amides is 3. The number of nitrogens with zero attached hydrogens (tertiary/aromatic N) is 2. The number of rotatable bonds is 5. The van der Waals surface area contributed by atoms with Crippen LogP contribution in [0.3, 0.4) is 0 Å². The Bertz CT molecular complexity index is 1010. The topological polar surface area (TPSA) is 79.0 Å². The molecule has 31 heavy (non-hydrogen) atoms. The molecule has 0 saturated carbocycles. The Kier molecular flexibility index (Phi) is 5.93. The van der Waals surface area contributed by atoms with Gasteiger partial charge in [0.15, 0.2) is 0 Å². The van der Waals surface area contributed by atoms with Gasteiger partial charge in [0.2, 0.25) is 11.8 Å². The quantitative estimate of drug-likeness (QED) is 0.804. The normalized spacial score (nSPS) is 18.4. The molecule has 0 spiro atoms. The zero-order valence-corrected chi connectivity index (χ0v) is 17.9. The Balaban J connectivity index is 1.51. The second-order valence-electron chi connectivity index (χ2n) is 8.09. The van der Waals surface area contributed by atoms with E-state index in [1.807, 2.05) is 42.2 Å². The van der Waals surface area contributed by atoms with E-state index in [2.05, 4.69) is 5.32 Å². The van der Waals surface area contributed by atoms with E-state index in [-0.39, 0.29) is 24.1 Å². The van der Waals surface area contributed by atoms with Crippen LogP contribution in [-0.2, 0) is 9.59 Å². The number of ether oxygens (including phenoxy) is 1. The summed E-state index contributed by atoms with van der Waals surface area (Å²) in [5.74, 6) is -0.241. The van der Waals surface area contributed by atoms with Gasteiger partial charge in [-0.25, -0.2) is 0 Å². The van der Waals surface area contributed by atoms with Crippen LogP contribution < -0.4 is 15.0 Å². The smallest absolute Gasteiger partial charge is 0.256 e. The minimum Gasteiger partial charge on any atom is -0.497 e. The highest BCUT2D eigenvalue weighted by Crippen LogP contribution is 2.30. The molecule has 1 atom stereocenters. The molecule has 7 nitrogen and oxygen atoms in total. The summed E-state index contributed by atoms with van der Waals surface area (Å²) >= 11 is 0. The molecule has 7 heteroatoms. The number of aryl methyl sites for hydroxylation is 1. The number of nitrogens with one attached hydrogen (secondary N) is 1. The molecule has 2 saturated heterocycles. The van der Waals surface area contributed by atoms with Gasteiger partial charge in [0.25, 0.3) is 5.91 Å². The monoisotopic (exact) mass is 421 g/mol. The molecule has 3 amide bonds. The molecule has 162 valence electrons. The van der Waals surface area contributed by atoms with Crippen LogP contribution in [0.25, 0.3) is 0 Å². The lowest BCUT2D eigenvalue weighted by molar-refractivity contribution is -0.122. The van der Waals surface area contributed by atoms with E-state index in [9.17, 15) is 14.4 Å². The third-order valence-electron chi connectivity index (χ3n) is 6.00. The molecular formula is C24H27N3O4. The third kappa shape index (κ3) is 4.26. The summed E-state index contributed by atoms with van der Waals surface area (Å²) < 4.78 is 5.24. The number of anilines is 2. The average Bonchev–Trinajstić information content (AvgIpc) is 3.43. The molecule has 0 aromatic heterocycles. The summed E-state index contributed by atoms with van der Waals surface area (Å²) in [5, 5.41) is 2.92. The first-order valence-electron chi connectivity index (χ1n) is 10.6. The Morgan fingerprint density at radius 1 is 1.10 bits per heavy atom. The number of methoxy groups -OCH3 is 1. The van der Waals surface area contributed by atoms with Crippen molar-refractivity contribution in [3.63, 3.8) is 0 Å². The maximum Gasteiger partial charge on any atom is 0.256 e. The van der Waals surface area contributed by atoms with Crippen LogP contribution in [0.4, 0.5) is 11.4 Å². The van der Waals surface area contributed by atoms with Gasteiger partial charge in [-0.15, -0.1) is 0 Å². The van der Waals surface area contributed by atoms with Gasteiger partial charge in [0.05, 0.1) is 24.3 Å². The lowest BCUT2D eigenvalue weighted by Gasteiger charge is -2.21. The fourth-order valence-electron chi connectivity index (χ4n) is 4.28. The van der Waals surface area contributed by atoms with Gasteiger partial charge in [0.1, 0.15) is 5.75 Å². The van der Waals surface area contributed by atoms with Crippen LogP contribution >= 0.6 is 0 Å². The molecule has 0 aliphatic carbocycles. The molecule has 4 rings (SSSR count). The lowest BCUT2D eigenvalue weighted by Crippen LogP contribution is -2.31. The number of carbonyl (C=O) groups excluding carboxylic acids is 3. The highest BCUT2D eigenvalue weighted by molar-refractivity contribution is 6.07. The molecule has 0 radical (unpaired) electrons. The van der Waals surface area contributed by atoms with Crippen molar-refractivity contribution in [2.75, 3.05) is 37.0 Å². The SMILES string of the molecule is COc1cccc(N2CC(C(=O)Nc3cccc(C)c3C(=O)N3CCCC3)CC2=O)c1. The zero-order valence-electron chi connectivity index (χ0n) is 17.9. The van der Waals surface area contributed by atoms with E-state index in [1.54, 1.807) is 24.1 Å². The summed E-state index contributed by atoms with van der Waals surface area (Å²) in [4.78, 5) is 42.1. The van der Waals surface area contributed by atoms with Crippen molar-refractivity contribution in [2.24, 2.45) is 5.92 Å². The molecule has 1 N–H and O–H groups in total. The van der Waals surface area contributed by atoms with Crippen LogP contribution in [0.15, 0.2) is 42.5 Å². The molecule has 2 aromatic rings. The van der Waals surface area contributed by atoms with Gasteiger partial charge in [-0.1, -0.05) is 18.2 Å². The molecule has 2 aliphatic rings. The van der Waals surface area contributed by atoms with E-state index < -0.39 is 5.92 Å². The predicted molar refractivity (Wildman–Crippen MR) is 118 cm³/mol. The van der Waals surface area contributed by atoms with Crippen molar-refractivity contribution < 1.29 is 19.1 Å². The van der Waals surface area contributed by atoms with E-state index in [0.29, 0.717) is 29.2 Å². The summed E-state index contributed by atoms with van der Waals surface area (Å²) in [6, 6.07) is 12.7. The van der Waals surface area contributed by atoms with Crippen molar-refractivity contribution in [3.05, 3.63) is 53.6 Å². The van der Waals surface area contributed by atoms with Crippen molar-refractivity contribution in [1.29, 1.82) is 0 Å². The highest BCUT2D eigenvalue weighted by atomic mass is 16.5. The largest absolute Gasteiger partial charge is 0.497 e. The van der Waals surface area contributed by atoms with Crippen LogP contribution in [0.2, 0.25) is 0 Å². The van der Waals surface area contributed by atoms with Gasteiger partial charge in [-0.2, -0.15) is 0 Å². The van der Waals surface area contributed by atoms with Crippen LogP contribution in [0.5, 0.6) is 5.75 Å². The number of hydrogen-bond acceptors (Lipinski definition) is 4. The van der Waals surface area contributed by atoms with Crippen LogP contribution in [0, 0.1) is 12.8 Å². The molecule has 2 aliphatic heterocycles. The van der Waals surface area contributed by atoms with Crippen molar-refractivity contribution in [1.82, 2.24) is 4.90 Å². The molecule has 2 aromatic carbocycles. The summed E-state index contributed by atoms with van der Waals surface area (Å²) in [5.41, 5.74) is 2.58. The van der Waals surface area contributed by atoms with Crippen LogP contribution in [-0.4, -0.2) is 49.4 Å². The van der Waals surface area contributed by atoms with E-state index in [1.165, 1.54) is 0 Å². The van der Waals surface area contributed by atoms with Gasteiger partial charge >= 0.3 is 0 Å². The molecule has 2 heterocycles. The van der Waals surface area contributed by atoms with Gasteiger partial charge in [-0.3, -0.25) is 14.4 Å². The van der Waals surface area contributed by atoms with Crippen molar-refractivity contribution >= 4 is 29.1 Å². The van der Waals surface area contributed by atoms with Crippen molar-refractivity contribution in [3.8, 4) is 5.75 Å². The maximum absolute atomic E-state index is 13.0. The number of hydrogen-bond donors (Lipinski definition) is 1. The molecule has 2 fully saturated rings. The molecular weight excluding hydrogens is 394 g/mol. The van der Waals surface area contributed by atoms with Crippen LogP contribution in [0.1, 0.15) is 35.2 Å². The third-order valence-corrected chi connectivity index (χ3v) is 6.00. The minimum absolute atomic E-state index is 0.0496. The predicted octanol–water partition coefficient (Wildman–Crippen LogP) is 3.23. The van der Waals surface area contributed by atoms with Gasteiger partial charge < -0.3 is 19.9 Å².